The molecule has 0 bridgehead atoms. The second-order valence-electron chi connectivity index (χ2n) is 5.29. The number of nitrogens with one attached hydrogen (secondary N) is 2. The Bertz CT molecular complexity index is 958. The fraction of sp³-hybridized carbons (Fsp3) is 0.0556. The van der Waals surface area contributed by atoms with Crippen LogP contribution in [0.25, 0.3) is 21.6 Å². The average Bonchev–Trinajstić information content (AvgIpc) is 3.29. The van der Waals surface area contributed by atoms with E-state index in [4.69, 9.17) is 0 Å². The van der Waals surface area contributed by atoms with Crippen molar-refractivity contribution in [2.24, 2.45) is 0 Å². The van der Waals surface area contributed by atoms with Crippen molar-refractivity contribution in [2.75, 3.05) is 0 Å². The van der Waals surface area contributed by atoms with E-state index < -0.39 is 0 Å². The van der Waals surface area contributed by atoms with Crippen LogP contribution < -0.4 is 5.32 Å². The number of rotatable bonds is 4. The summed E-state index contributed by atoms with van der Waals surface area (Å²) < 4.78 is 0. The van der Waals surface area contributed by atoms with E-state index in [1.807, 2.05) is 41.8 Å². The topological polar surface area (TPSA) is 70.7 Å². The Morgan fingerprint density at radius 3 is 2.92 bits per heavy atom. The van der Waals surface area contributed by atoms with Gasteiger partial charge in [-0.05, 0) is 35.7 Å². The summed E-state index contributed by atoms with van der Waals surface area (Å²) in [6.45, 7) is 0.351. The van der Waals surface area contributed by atoms with Gasteiger partial charge in [-0.2, -0.15) is 0 Å². The molecule has 0 aliphatic heterocycles. The molecule has 0 spiro atoms. The first-order chi connectivity index (χ1) is 11.8. The lowest BCUT2D eigenvalue weighted by atomic mass is 10.2. The van der Waals surface area contributed by atoms with Gasteiger partial charge in [0, 0.05) is 11.8 Å². The van der Waals surface area contributed by atoms with Gasteiger partial charge in [0.05, 0.1) is 28.1 Å². The van der Waals surface area contributed by atoms with Crippen molar-refractivity contribution in [3.63, 3.8) is 0 Å². The molecule has 4 aromatic rings. The van der Waals surface area contributed by atoms with Crippen molar-refractivity contribution in [1.82, 2.24) is 20.3 Å². The number of carbonyl (C=O) groups excluding carboxylic acids is 1. The van der Waals surface area contributed by atoms with Gasteiger partial charge in [0.1, 0.15) is 5.82 Å². The zero-order valence-corrected chi connectivity index (χ0v) is 13.5. The SMILES string of the molecule is O=C(NCc1nc2ccccc2[nH]1)c1ccnc(-c2cccs2)c1. The van der Waals surface area contributed by atoms with E-state index in [1.54, 1.807) is 29.7 Å². The molecular formula is C18H14N4OS. The summed E-state index contributed by atoms with van der Waals surface area (Å²) in [6, 6.07) is 15.3. The van der Waals surface area contributed by atoms with Crippen LogP contribution in [0.4, 0.5) is 0 Å². The van der Waals surface area contributed by atoms with Crippen LogP contribution >= 0.6 is 11.3 Å². The van der Waals surface area contributed by atoms with Crippen LogP contribution in [0, 0.1) is 0 Å². The predicted molar refractivity (Wildman–Crippen MR) is 94.8 cm³/mol. The van der Waals surface area contributed by atoms with Gasteiger partial charge in [-0.1, -0.05) is 18.2 Å². The Kier molecular flexibility index (Phi) is 3.80. The number of H-pyrrole nitrogens is 1. The number of benzene rings is 1. The van der Waals surface area contributed by atoms with Crippen LogP contribution in [0.5, 0.6) is 0 Å². The zero-order valence-electron chi connectivity index (χ0n) is 12.7. The minimum atomic E-state index is -0.143. The number of nitrogens with zero attached hydrogens (tertiary/aromatic N) is 2. The molecule has 1 aromatic carbocycles. The zero-order chi connectivity index (χ0) is 16.4. The van der Waals surface area contributed by atoms with Gasteiger partial charge in [0.2, 0.25) is 0 Å². The second-order valence-corrected chi connectivity index (χ2v) is 6.24. The summed E-state index contributed by atoms with van der Waals surface area (Å²) in [5.74, 6) is 0.591. The summed E-state index contributed by atoms with van der Waals surface area (Å²) in [6.07, 6.45) is 1.66. The van der Waals surface area contributed by atoms with Gasteiger partial charge >= 0.3 is 0 Å². The molecule has 118 valence electrons. The van der Waals surface area contributed by atoms with Crippen LogP contribution in [-0.2, 0) is 6.54 Å². The fourth-order valence-corrected chi connectivity index (χ4v) is 3.18. The fourth-order valence-electron chi connectivity index (χ4n) is 2.49. The summed E-state index contributed by atoms with van der Waals surface area (Å²) in [4.78, 5) is 25.4. The van der Waals surface area contributed by atoms with E-state index in [0.29, 0.717) is 12.1 Å². The summed E-state index contributed by atoms with van der Waals surface area (Å²) in [5, 5.41) is 4.88. The number of thiophene rings is 1. The Morgan fingerprint density at radius 2 is 2.08 bits per heavy atom. The Morgan fingerprint density at radius 1 is 1.17 bits per heavy atom. The molecular weight excluding hydrogens is 320 g/mol. The molecule has 0 saturated heterocycles. The van der Waals surface area contributed by atoms with Crippen LogP contribution in [0.15, 0.2) is 60.1 Å². The first kappa shape index (κ1) is 14.6. The molecule has 3 heterocycles. The standard InChI is InChI=1S/C18H14N4OS/c23-18(12-7-8-19-15(10-12)16-6-3-9-24-16)20-11-17-21-13-4-1-2-5-14(13)22-17/h1-10H,11H2,(H,20,23)(H,21,22). The number of imidazole rings is 1. The van der Waals surface area contributed by atoms with Crippen molar-refractivity contribution in [2.45, 2.75) is 6.54 Å². The molecule has 0 radical (unpaired) electrons. The smallest absolute Gasteiger partial charge is 0.251 e. The summed E-state index contributed by atoms with van der Waals surface area (Å²) >= 11 is 1.60. The molecule has 24 heavy (non-hydrogen) atoms. The molecule has 3 aromatic heterocycles. The normalized spacial score (nSPS) is 10.8. The lowest BCUT2D eigenvalue weighted by Crippen LogP contribution is -2.23. The monoisotopic (exact) mass is 334 g/mol. The molecule has 6 heteroatoms. The lowest BCUT2D eigenvalue weighted by molar-refractivity contribution is 0.0950. The van der Waals surface area contributed by atoms with Gasteiger partial charge < -0.3 is 10.3 Å². The van der Waals surface area contributed by atoms with E-state index in [1.165, 1.54) is 0 Å². The van der Waals surface area contributed by atoms with Gasteiger partial charge in [-0.25, -0.2) is 4.98 Å². The predicted octanol–water partition coefficient (Wildman–Crippen LogP) is 3.62. The third kappa shape index (κ3) is 2.91. The lowest BCUT2D eigenvalue weighted by Gasteiger charge is -2.04. The third-order valence-electron chi connectivity index (χ3n) is 3.65. The highest BCUT2D eigenvalue weighted by molar-refractivity contribution is 7.13. The number of aromatic amines is 1. The first-order valence-corrected chi connectivity index (χ1v) is 8.39. The maximum absolute atomic E-state index is 12.4. The van der Waals surface area contributed by atoms with Gasteiger partial charge in [0.25, 0.3) is 5.91 Å². The van der Waals surface area contributed by atoms with Gasteiger partial charge in [-0.3, -0.25) is 9.78 Å². The van der Waals surface area contributed by atoms with Gasteiger partial charge in [-0.15, -0.1) is 11.3 Å². The summed E-state index contributed by atoms with van der Waals surface area (Å²) in [5.41, 5.74) is 3.25. The second kappa shape index (κ2) is 6.25. The van der Waals surface area contributed by atoms with E-state index in [2.05, 4.69) is 20.3 Å². The number of aromatic nitrogens is 3. The van der Waals surface area contributed by atoms with E-state index in [-0.39, 0.29) is 5.91 Å². The highest BCUT2D eigenvalue weighted by Gasteiger charge is 2.09. The van der Waals surface area contributed by atoms with Crippen LogP contribution in [0.2, 0.25) is 0 Å². The number of hydrogen-bond acceptors (Lipinski definition) is 4. The Hall–Kier alpha value is -2.99. The van der Waals surface area contributed by atoms with Crippen molar-refractivity contribution in [3.05, 3.63) is 71.5 Å². The maximum atomic E-state index is 12.4. The molecule has 4 rings (SSSR count). The summed E-state index contributed by atoms with van der Waals surface area (Å²) in [7, 11) is 0. The number of carbonyl (C=O) groups is 1. The number of amides is 1. The molecule has 5 nitrogen and oxygen atoms in total. The van der Waals surface area contributed by atoms with Gasteiger partial charge in [0.15, 0.2) is 0 Å². The van der Waals surface area contributed by atoms with Crippen LogP contribution in [-0.4, -0.2) is 20.9 Å². The highest BCUT2D eigenvalue weighted by atomic mass is 32.1. The minimum Gasteiger partial charge on any atom is -0.345 e. The quantitative estimate of drug-likeness (QED) is 0.599. The Balaban J connectivity index is 1.49. The highest BCUT2D eigenvalue weighted by Crippen LogP contribution is 2.23. The van der Waals surface area contributed by atoms with Crippen LogP contribution in [0.3, 0.4) is 0 Å². The van der Waals surface area contributed by atoms with Crippen molar-refractivity contribution >= 4 is 28.3 Å². The molecule has 0 fully saturated rings. The van der Waals surface area contributed by atoms with Crippen molar-refractivity contribution in [1.29, 1.82) is 0 Å². The number of fused-ring (bicyclic) bond motifs is 1. The largest absolute Gasteiger partial charge is 0.345 e. The molecule has 2 N–H and O–H groups in total. The number of para-hydroxylation sites is 2. The number of hydrogen-bond donors (Lipinski definition) is 2. The van der Waals surface area contributed by atoms with Crippen LogP contribution in [0.1, 0.15) is 16.2 Å². The molecule has 1 amide bonds. The molecule has 0 unspecified atom stereocenters. The van der Waals surface area contributed by atoms with E-state index in [0.717, 1.165) is 27.4 Å². The minimum absolute atomic E-state index is 0.143. The van der Waals surface area contributed by atoms with E-state index >= 15 is 0 Å². The average molecular weight is 334 g/mol. The van der Waals surface area contributed by atoms with Crippen molar-refractivity contribution < 1.29 is 4.79 Å². The van der Waals surface area contributed by atoms with E-state index in [9.17, 15) is 4.79 Å². The first-order valence-electron chi connectivity index (χ1n) is 7.51. The number of pyridine rings is 1. The Labute approximate surface area is 142 Å². The molecule has 0 aliphatic rings. The molecule has 0 atom stereocenters. The maximum Gasteiger partial charge on any atom is 0.251 e. The molecule has 0 saturated carbocycles. The van der Waals surface area contributed by atoms with Crippen molar-refractivity contribution in [3.8, 4) is 10.6 Å². The molecule has 0 aliphatic carbocycles. The third-order valence-corrected chi connectivity index (χ3v) is 4.54.